The van der Waals surface area contributed by atoms with Crippen LogP contribution in [0.2, 0.25) is 0 Å². The third-order valence-electron chi connectivity index (χ3n) is 4.43. The lowest BCUT2D eigenvalue weighted by molar-refractivity contribution is -0.0345. The van der Waals surface area contributed by atoms with Gasteiger partial charge in [0.15, 0.2) is 5.82 Å². The van der Waals surface area contributed by atoms with Gasteiger partial charge in [0, 0.05) is 19.5 Å². The zero-order valence-electron chi connectivity index (χ0n) is 14.6. The number of carbonyl (C=O) groups is 1. The predicted octanol–water partition coefficient (Wildman–Crippen LogP) is -1.07. The van der Waals surface area contributed by atoms with Crippen molar-refractivity contribution < 1.29 is 29.6 Å². The molecule has 0 unspecified atom stereocenters. The van der Waals surface area contributed by atoms with Crippen LogP contribution >= 0.6 is 0 Å². The molecule has 5 N–H and O–H groups in total. The summed E-state index contributed by atoms with van der Waals surface area (Å²) in [4.78, 5) is 17.1. The average molecular weight is 381 g/mol. The molecule has 0 aliphatic carbocycles. The molecule has 3 rings (SSSR count). The number of amides is 1. The van der Waals surface area contributed by atoms with Crippen LogP contribution in [0, 0.1) is 0 Å². The highest BCUT2D eigenvalue weighted by atomic mass is 16.6. The molecule has 1 aliphatic rings. The van der Waals surface area contributed by atoms with Gasteiger partial charge in [-0.1, -0.05) is 0 Å². The molecule has 27 heavy (non-hydrogen) atoms. The number of anilines is 1. The van der Waals surface area contributed by atoms with Crippen molar-refractivity contribution in [3.63, 3.8) is 0 Å². The molecule has 0 spiro atoms. The molecule has 148 valence electrons. The standard InChI is InChI=1S/C16H23N5O6/c17-15-11-2-1-10(21(11)19-9-18-15)13-7-12(24)14(27-13)8-26-16(25)20(3-5-22)4-6-23/h1-2,9,12-14,22-24H,3-8H2,(H2,17,18,19)/t12-,13+,14+/m0/s1. The summed E-state index contributed by atoms with van der Waals surface area (Å²) < 4.78 is 12.6. The minimum Gasteiger partial charge on any atom is -0.447 e. The smallest absolute Gasteiger partial charge is 0.410 e. The molecule has 1 saturated heterocycles. The second-order valence-electron chi connectivity index (χ2n) is 6.18. The van der Waals surface area contributed by atoms with Gasteiger partial charge in [0.1, 0.15) is 30.7 Å². The molecule has 3 atom stereocenters. The van der Waals surface area contributed by atoms with E-state index in [4.69, 9.17) is 25.4 Å². The van der Waals surface area contributed by atoms with E-state index in [2.05, 4.69) is 10.1 Å². The molecular weight excluding hydrogens is 358 g/mol. The van der Waals surface area contributed by atoms with Gasteiger partial charge in [-0.05, 0) is 12.1 Å². The van der Waals surface area contributed by atoms with Gasteiger partial charge >= 0.3 is 6.09 Å². The Morgan fingerprint density at radius 3 is 2.81 bits per heavy atom. The van der Waals surface area contributed by atoms with Crippen molar-refractivity contribution in [2.45, 2.75) is 24.7 Å². The number of nitrogen functional groups attached to an aromatic ring is 1. The SMILES string of the molecule is Nc1ncnn2c([C@H]3C[C@H](O)[C@@H](COC(=O)N(CCO)CCO)O3)ccc12. The minimum absolute atomic E-state index is 0.0490. The lowest BCUT2D eigenvalue weighted by Gasteiger charge is -2.22. The fourth-order valence-corrected chi connectivity index (χ4v) is 3.07. The van der Waals surface area contributed by atoms with E-state index in [0.29, 0.717) is 23.4 Å². The molecule has 2 aromatic heterocycles. The van der Waals surface area contributed by atoms with Crippen LogP contribution in [-0.4, -0.2) is 86.0 Å². The van der Waals surface area contributed by atoms with Crippen molar-refractivity contribution >= 4 is 17.4 Å². The number of ether oxygens (including phenoxy) is 2. The van der Waals surface area contributed by atoms with Gasteiger partial charge in [-0.25, -0.2) is 14.3 Å². The number of aliphatic hydroxyl groups excluding tert-OH is 3. The molecule has 1 fully saturated rings. The van der Waals surface area contributed by atoms with E-state index in [1.54, 1.807) is 16.6 Å². The fraction of sp³-hybridized carbons (Fsp3) is 0.562. The lowest BCUT2D eigenvalue weighted by atomic mass is 10.1. The van der Waals surface area contributed by atoms with Crippen LogP contribution in [0.3, 0.4) is 0 Å². The molecule has 0 bridgehead atoms. The van der Waals surface area contributed by atoms with E-state index in [-0.39, 0.29) is 32.9 Å². The third-order valence-corrected chi connectivity index (χ3v) is 4.43. The maximum atomic E-state index is 12.0. The molecule has 3 heterocycles. The first-order valence-corrected chi connectivity index (χ1v) is 8.60. The molecule has 0 aromatic carbocycles. The highest BCUT2D eigenvalue weighted by molar-refractivity contribution is 5.67. The van der Waals surface area contributed by atoms with E-state index in [1.165, 1.54) is 11.2 Å². The highest BCUT2D eigenvalue weighted by Gasteiger charge is 2.37. The van der Waals surface area contributed by atoms with Crippen LogP contribution in [0.1, 0.15) is 18.2 Å². The summed E-state index contributed by atoms with van der Waals surface area (Å²) in [5.41, 5.74) is 7.18. The lowest BCUT2D eigenvalue weighted by Crippen LogP contribution is -2.38. The van der Waals surface area contributed by atoms with Crippen molar-refractivity contribution in [2.24, 2.45) is 0 Å². The maximum absolute atomic E-state index is 12.0. The first-order chi connectivity index (χ1) is 13.0. The van der Waals surface area contributed by atoms with Crippen LogP contribution in [0.5, 0.6) is 0 Å². The van der Waals surface area contributed by atoms with E-state index in [0.717, 1.165) is 0 Å². The van der Waals surface area contributed by atoms with Crippen molar-refractivity contribution in [1.29, 1.82) is 0 Å². The Labute approximate surface area is 154 Å². The average Bonchev–Trinajstić information content (AvgIpc) is 3.24. The number of nitrogens with zero attached hydrogens (tertiary/aromatic N) is 4. The Kier molecular flexibility index (Phi) is 6.06. The summed E-state index contributed by atoms with van der Waals surface area (Å²) >= 11 is 0. The second-order valence-corrected chi connectivity index (χ2v) is 6.18. The predicted molar refractivity (Wildman–Crippen MR) is 92.7 cm³/mol. The molecule has 0 radical (unpaired) electrons. The molecule has 11 heteroatoms. The summed E-state index contributed by atoms with van der Waals surface area (Å²) in [7, 11) is 0. The Morgan fingerprint density at radius 2 is 2.11 bits per heavy atom. The van der Waals surface area contributed by atoms with E-state index < -0.39 is 24.4 Å². The van der Waals surface area contributed by atoms with Crippen LogP contribution in [0.15, 0.2) is 18.5 Å². The maximum Gasteiger partial charge on any atom is 0.410 e. The quantitative estimate of drug-likeness (QED) is 0.469. The van der Waals surface area contributed by atoms with Crippen LogP contribution in [-0.2, 0) is 9.47 Å². The van der Waals surface area contributed by atoms with Gasteiger partial charge in [0.05, 0.1) is 25.0 Å². The highest BCUT2D eigenvalue weighted by Crippen LogP contribution is 2.34. The van der Waals surface area contributed by atoms with Crippen molar-refractivity contribution in [3.8, 4) is 0 Å². The van der Waals surface area contributed by atoms with Crippen molar-refractivity contribution in [3.05, 3.63) is 24.2 Å². The van der Waals surface area contributed by atoms with E-state index >= 15 is 0 Å². The summed E-state index contributed by atoms with van der Waals surface area (Å²) in [5.74, 6) is 0.341. The van der Waals surface area contributed by atoms with Gasteiger partial charge in [-0.2, -0.15) is 5.10 Å². The largest absolute Gasteiger partial charge is 0.447 e. The number of hydrogen-bond acceptors (Lipinski definition) is 9. The first-order valence-electron chi connectivity index (χ1n) is 8.60. The number of carbonyl (C=O) groups excluding carboxylic acids is 1. The van der Waals surface area contributed by atoms with Gasteiger partial charge < -0.3 is 35.4 Å². The molecular formula is C16H23N5O6. The van der Waals surface area contributed by atoms with E-state index in [1.807, 2.05) is 0 Å². The Bertz CT molecular complexity index is 778. The summed E-state index contributed by atoms with van der Waals surface area (Å²) in [6, 6.07) is 3.58. The van der Waals surface area contributed by atoms with Gasteiger partial charge in [-0.3, -0.25) is 0 Å². The van der Waals surface area contributed by atoms with Crippen LogP contribution in [0.25, 0.3) is 5.52 Å². The topological polar surface area (TPSA) is 156 Å². The number of nitrogens with two attached hydrogens (primary N) is 1. The number of rotatable bonds is 7. The van der Waals surface area contributed by atoms with Gasteiger partial charge in [0.25, 0.3) is 0 Å². The number of hydrogen-bond donors (Lipinski definition) is 4. The fourth-order valence-electron chi connectivity index (χ4n) is 3.07. The summed E-state index contributed by atoms with van der Waals surface area (Å²) in [6.45, 7) is -0.539. The monoisotopic (exact) mass is 381 g/mol. The zero-order valence-corrected chi connectivity index (χ0v) is 14.6. The Morgan fingerprint density at radius 1 is 1.37 bits per heavy atom. The minimum atomic E-state index is -0.823. The summed E-state index contributed by atoms with van der Waals surface area (Å²) in [6.07, 6.45) is -0.995. The number of aromatic nitrogens is 3. The Balaban J connectivity index is 1.62. The normalized spacial score (nSPS) is 22.3. The first kappa shape index (κ1) is 19.3. The van der Waals surface area contributed by atoms with Crippen LogP contribution in [0.4, 0.5) is 10.6 Å². The van der Waals surface area contributed by atoms with E-state index in [9.17, 15) is 9.90 Å². The van der Waals surface area contributed by atoms with Crippen molar-refractivity contribution in [2.75, 3.05) is 38.6 Å². The molecule has 11 nitrogen and oxygen atoms in total. The zero-order chi connectivity index (χ0) is 19.4. The molecule has 0 saturated carbocycles. The second kappa shape index (κ2) is 8.48. The molecule has 2 aromatic rings. The van der Waals surface area contributed by atoms with Crippen molar-refractivity contribution in [1.82, 2.24) is 19.5 Å². The Hall–Kier alpha value is -2.47. The van der Waals surface area contributed by atoms with Gasteiger partial charge in [0.2, 0.25) is 0 Å². The number of fused-ring (bicyclic) bond motifs is 1. The van der Waals surface area contributed by atoms with Crippen LogP contribution < -0.4 is 5.73 Å². The summed E-state index contributed by atoms with van der Waals surface area (Å²) in [5, 5.41) is 32.4. The molecule has 1 amide bonds. The van der Waals surface area contributed by atoms with Gasteiger partial charge in [-0.15, -0.1) is 0 Å². The number of aliphatic hydroxyl groups is 3. The molecule has 1 aliphatic heterocycles. The third kappa shape index (κ3) is 4.11.